The number of likely N-dealkylation sites (tertiary alicyclic amines) is 1. The van der Waals surface area contributed by atoms with Gasteiger partial charge in [-0.05, 0) is 48.9 Å². The third-order valence-electron chi connectivity index (χ3n) is 6.89. The molecular weight excluding hydrogens is 466 g/mol. The quantitative estimate of drug-likeness (QED) is 0.526. The van der Waals surface area contributed by atoms with Crippen molar-refractivity contribution in [2.75, 3.05) is 18.5 Å². The van der Waals surface area contributed by atoms with E-state index in [1.165, 1.54) is 4.90 Å². The first-order valence-electron chi connectivity index (χ1n) is 11.4. The summed E-state index contributed by atoms with van der Waals surface area (Å²) in [4.78, 5) is 43.5. The van der Waals surface area contributed by atoms with E-state index in [0.29, 0.717) is 30.0 Å². The lowest BCUT2D eigenvalue weighted by Crippen LogP contribution is -2.50. The van der Waals surface area contributed by atoms with Crippen molar-refractivity contribution in [2.45, 2.75) is 38.1 Å². The average molecular weight is 492 g/mol. The molecule has 1 aliphatic carbocycles. The lowest BCUT2D eigenvalue weighted by Gasteiger charge is -2.30. The van der Waals surface area contributed by atoms with E-state index in [1.807, 2.05) is 36.4 Å². The molecule has 180 valence electrons. The van der Waals surface area contributed by atoms with Gasteiger partial charge in [0.05, 0.1) is 5.69 Å². The standard InChI is InChI=1S/C26H25N3O5S/c1-15-21(22(30)29-13-7-12-26(29,2)23(31)32)35-24(27-15)28-25(33)34-14-20-18-10-5-3-8-16(18)17-9-4-6-11-19(17)20/h3-6,8-11,20H,7,12-14H2,1-2H3,(H,31,32)(H,27,28,33). The molecule has 1 fully saturated rings. The Bertz CT molecular complexity index is 1290. The highest BCUT2D eigenvalue weighted by Crippen LogP contribution is 2.44. The Morgan fingerprint density at radius 3 is 2.40 bits per heavy atom. The third-order valence-corrected chi connectivity index (χ3v) is 7.95. The van der Waals surface area contributed by atoms with Crippen molar-refractivity contribution in [1.82, 2.24) is 9.88 Å². The van der Waals surface area contributed by atoms with E-state index in [1.54, 1.807) is 13.8 Å². The van der Waals surface area contributed by atoms with Crippen molar-refractivity contribution < 1.29 is 24.2 Å². The third kappa shape index (κ3) is 3.95. The first kappa shape index (κ1) is 23.0. The van der Waals surface area contributed by atoms with Gasteiger partial charge in [-0.2, -0.15) is 0 Å². The molecule has 35 heavy (non-hydrogen) atoms. The van der Waals surface area contributed by atoms with Crippen molar-refractivity contribution in [3.63, 3.8) is 0 Å². The van der Waals surface area contributed by atoms with Crippen LogP contribution >= 0.6 is 11.3 Å². The summed E-state index contributed by atoms with van der Waals surface area (Å²) < 4.78 is 5.56. The van der Waals surface area contributed by atoms with Gasteiger partial charge in [0.25, 0.3) is 5.91 Å². The molecule has 1 saturated heterocycles. The second-order valence-corrected chi connectivity index (χ2v) is 10.0. The molecule has 2 amide bonds. The van der Waals surface area contributed by atoms with Crippen LogP contribution in [0.1, 0.15) is 52.2 Å². The summed E-state index contributed by atoms with van der Waals surface area (Å²) in [7, 11) is 0. The number of nitrogens with one attached hydrogen (secondary N) is 1. The Morgan fingerprint density at radius 2 is 1.77 bits per heavy atom. The fourth-order valence-electron chi connectivity index (χ4n) is 5.00. The van der Waals surface area contributed by atoms with Crippen LogP contribution in [0.15, 0.2) is 48.5 Å². The lowest BCUT2D eigenvalue weighted by atomic mass is 9.98. The van der Waals surface area contributed by atoms with E-state index < -0.39 is 17.6 Å². The minimum Gasteiger partial charge on any atom is -0.480 e. The second kappa shape index (κ2) is 8.81. The Hall–Kier alpha value is -3.72. The zero-order chi connectivity index (χ0) is 24.7. The number of carbonyl (C=O) groups excluding carboxylic acids is 2. The Morgan fingerprint density at radius 1 is 1.14 bits per heavy atom. The highest BCUT2D eigenvalue weighted by atomic mass is 32.1. The van der Waals surface area contributed by atoms with Gasteiger partial charge in [-0.25, -0.2) is 14.6 Å². The SMILES string of the molecule is Cc1nc(NC(=O)OCC2c3ccccc3-c3ccccc32)sc1C(=O)N1CCCC1(C)C(=O)O. The molecule has 0 bridgehead atoms. The minimum atomic E-state index is -1.24. The van der Waals surface area contributed by atoms with Crippen LogP contribution in [0.3, 0.4) is 0 Å². The number of carbonyl (C=O) groups is 3. The maximum absolute atomic E-state index is 13.1. The predicted octanol–water partition coefficient (Wildman–Crippen LogP) is 4.89. The number of hydrogen-bond acceptors (Lipinski definition) is 6. The number of hydrogen-bond donors (Lipinski definition) is 2. The van der Waals surface area contributed by atoms with Gasteiger partial charge in [0.1, 0.15) is 17.0 Å². The molecule has 2 aliphatic rings. The highest BCUT2D eigenvalue weighted by molar-refractivity contribution is 7.17. The Balaban J connectivity index is 1.27. The number of fused-ring (bicyclic) bond motifs is 3. The van der Waals surface area contributed by atoms with Crippen LogP contribution in [0.2, 0.25) is 0 Å². The monoisotopic (exact) mass is 491 g/mol. The van der Waals surface area contributed by atoms with Crippen LogP contribution in [-0.4, -0.2) is 51.7 Å². The number of amides is 2. The molecule has 2 N–H and O–H groups in total. The van der Waals surface area contributed by atoms with Gasteiger partial charge in [0.15, 0.2) is 5.13 Å². The molecule has 3 aromatic rings. The van der Waals surface area contributed by atoms with Gasteiger partial charge in [-0.3, -0.25) is 10.1 Å². The topological polar surface area (TPSA) is 109 Å². The number of rotatable bonds is 5. The first-order chi connectivity index (χ1) is 16.8. The number of aryl methyl sites for hydroxylation is 1. The van der Waals surface area contributed by atoms with Crippen LogP contribution in [0.5, 0.6) is 0 Å². The molecule has 1 atom stereocenters. The van der Waals surface area contributed by atoms with E-state index in [4.69, 9.17) is 4.74 Å². The molecule has 1 aromatic heterocycles. The molecule has 1 aliphatic heterocycles. The number of ether oxygens (including phenoxy) is 1. The van der Waals surface area contributed by atoms with Crippen molar-refractivity contribution in [3.05, 3.63) is 70.2 Å². The number of benzene rings is 2. The minimum absolute atomic E-state index is 0.0628. The average Bonchev–Trinajstić information content (AvgIpc) is 3.51. The number of carboxylic acid groups (broad SMARTS) is 1. The van der Waals surface area contributed by atoms with Crippen molar-refractivity contribution in [3.8, 4) is 11.1 Å². The molecule has 0 saturated carbocycles. The number of carboxylic acids is 1. The second-order valence-electron chi connectivity index (χ2n) is 9.02. The van der Waals surface area contributed by atoms with Crippen molar-refractivity contribution >= 4 is 34.4 Å². The van der Waals surface area contributed by atoms with Gasteiger partial charge in [0, 0.05) is 12.5 Å². The number of anilines is 1. The number of nitrogens with zero attached hydrogens (tertiary/aromatic N) is 2. The maximum atomic E-state index is 13.1. The summed E-state index contributed by atoms with van der Waals surface area (Å²) in [5.74, 6) is -1.47. The van der Waals surface area contributed by atoms with E-state index >= 15 is 0 Å². The molecule has 0 spiro atoms. The molecule has 2 heterocycles. The number of aromatic nitrogens is 1. The highest BCUT2D eigenvalue weighted by Gasteiger charge is 2.46. The zero-order valence-corrected chi connectivity index (χ0v) is 20.2. The molecule has 9 heteroatoms. The van der Waals surface area contributed by atoms with Gasteiger partial charge < -0.3 is 14.7 Å². The lowest BCUT2D eigenvalue weighted by molar-refractivity contribution is -0.147. The molecule has 1 unspecified atom stereocenters. The molecule has 8 nitrogen and oxygen atoms in total. The van der Waals surface area contributed by atoms with Crippen molar-refractivity contribution in [2.24, 2.45) is 0 Å². The largest absolute Gasteiger partial charge is 0.480 e. The normalized spacial score (nSPS) is 18.7. The van der Waals surface area contributed by atoms with Gasteiger partial charge >= 0.3 is 12.1 Å². The number of thiazole rings is 1. The van der Waals surface area contributed by atoms with Gasteiger partial charge in [0.2, 0.25) is 0 Å². The van der Waals surface area contributed by atoms with E-state index in [2.05, 4.69) is 22.4 Å². The van der Waals surface area contributed by atoms with Crippen molar-refractivity contribution in [1.29, 1.82) is 0 Å². The summed E-state index contributed by atoms with van der Waals surface area (Å²) >= 11 is 1.02. The van der Waals surface area contributed by atoms with Crippen LogP contribution < -0.4 is 5.32 Å². The Labute approximate surface area is 206 Å². The van der Waals surface area contributed by atoms with Crippen LogP contribution in [-0.2, 0) is 9.53 Å². The van der Waals surface area contributed by atoms with Crippen LogP contribution in [0, 0.1) is 6.92 Å². The predicted molar refractivity (Wildman–Crippen MR) is 132 cm³/mol. The summed E-state index contributed by atoms with van der Waals surface area (Å²) in [6.07, 6.45) is 0.366. The van der Waals surface area contributed by atoms with Gasteiger partial charge in [-0.15, -0.1) is 0 Å². The zero-order valence-electron chi connectivity index (χ0n) is 19.4. The summed E-state index contributed by atoms with van der Waals surface area (Å²) in [6.45, 7) is 3.77. The van der Waals surface area contributed by atoms with E-state index in [9.17, 15) is 19.5 Å². The molecule has 2 aromatic carbocycles. The fourth-order valence-corrected chi connectivity index (χ4v) is 5.91. The molecule has 0 radical (unpaired) electrons. The maximum Gasteiger partial charge on any atom is 0.413 e. The van der Waals surface area contributed by atoms with E-state index in [0.717, 1.165) is 33.6 Å². The molecule has 5 rings (SSSR count). The fraction of sp³-hybridized carbons (Fsp3) is 0.308. The summed E-state index contributed by atoms with van der Waals surface area (Å²) in [5, 5.41) is 12.5. The Kier molecular flexibility index (Phi) is 5.80. The summed E-state index contributed by atoms with van der Waals surface area (Å²) in [6, 6.07) is 16.2. The van der Waals surface area contributed by atoms with Crippen LogP contribution in [0.25, 0.3) is 11.1 Å². The number of aliphatic carboxylic acids is 1. The first-order valence-corrected chi connectivity index (χ1v) is 12.3. The summed E-state index contributed by atoms with van der Waals surface area (Å²) in [5.41, 5.74) is 3.72. The van der Waals surface area contributed by atoms with E-state index in [-0.39, 0.29) is 23.6 Å². The smallest absolute Gasteiger partial charge is 0.413 e. The van der Waals surface area contributed by atoms with Gasteiger partial charge in [-0.1, -0.05) is 59.9 Å². The molecular formula is C26H25N3O5S. The van der Waals surface area contributed by atoms with Crippen LogP contribution in [0.4, 0.5) is 9.93 Å².